The van der Waals surface area contributed by atoms with Crippen molar-refractivity contribution in [1.29, 1.82) is 0 Å². The summed E-state index contributed by atoms with van der Waals surface area (Å²) in [5.74, 6) is 0.235. The van der Waals surface area contributed by atoms with Crippen LogP contribution in [0, 0.1) is 0 Å². The van der Waals surface area contributed by atoms with Gasteiger partial charge in [0.15, 0.2) is 0 Å². The second kappa shape index (κ2) is 4.89. The predicted molar refractivity (Wildman–Crippen MR) is 68.5 cm³/mol. The van der Waals surface area contributed by atoms with Crippen molar-refractivity contribution in [2.45, 2.75) is 11.8 Å². The number of alkyl halides is 1. The molecule has 1 rings (SSSR count). The minimum atomic E-state index is -0.138. The topological polar surface area (TPSA) is 46.2 Å². The summed E-state index contributed by atoms with van der Waals surface area (Å²) in [6.07, 6.45) is 5.52. The van der Waals surface area contributed by atoms with E-state index in [1.807, 2.05) is 0 Å². The molecule has 1 atom stereocenters. The number of halogens is 2. The van der Waals surface area contributed by atoms with Crippen molar-refractivity contribution in [3.05, 3.63) is 45.4 Å². The molecule has 1 aliphatic carbocycles. The molecule has 0 aromatic heterocycles. The van der Waals surface area contributed by atoms with E-state index in [1.54, 1.807) is 12.2 Å². The first kappa shape index (κ1) is 11.7. The summed E-state index contributed by atoms with van der Waals surface area (Å²) in [5, 5.41) is 9.51. The smallest absolute Gasteiger partial charge is 0.131 e. The highest BCUT2D eigenvalue weighted by molar-refractivity contribution is 14.1. The number of aliphatic hydroxyl groups excluding tert-OH is 1. The van der Waals surface area contributed by atoms with Crippen molar-refractivity contribution in [2.75, 3.05) is 0 Å². The van der Waals surface area contributed by atoms with Crippen molar-refractivity contribution >= 4 is 34.2 Å². The van der Waals surface area contributed by atoms with E-state index in [4.69, 9.17) is 17.3 Å². The first-order chi connectivity index (χ1) is 6.57. The Balaban J connectivity index is 3.06. The molecule has 0 heterocycles. The summed E-state index contributed by atoms with van der Waals surface area (Å²) < 4.78 is 0.849. The maximum absolute atomic E-state index is 9.65. The van der Waals surface area contributed by atoms with E-state index in [-0.39, 0.29) is 11.1 Å². The van der Waals surface area contributed by atoms with Crippen LogP contribution in [0.4, 0.5) is 0 Å². The van der Waals surface area contributed by atoms with Gasteiger partial charge < -0.3 is 10.8 Å². The van der Waals surface area contributed by atoms with Crippen LogP contribution in [0.1, 0.15) is 6.42 Å². The van der Waals surface area contributed by atoms with Gasteiger partial charge in [0.25, 0.3) is 0 Å². The number of aliphatic hydroxyl groups is 1. The zero-order chi connectivity index (χ0) is 10.7. The largest absolute Gasteiger partial charge is 0.507 e. The Morgan fingerprint density at radius 3 is 2.86 bits per heavy atom. The highest BCUT2D eigenvalue weighted by Crippen LogP contribution is 2.37. The molecule has 76 valence electrons. The second-order valence-corrected chi connectivity index (χ2v) is 4.74. The van der Waals surface area contributed by atoms with Crippen LogP contribution in [0.15, 0.2) is 45.4 Å². The van der Waals surface area contributed by atoms with Crippen LogP contribution < -0.4 is 5.73 Å². The summed E-state index contributed by atoms with van der Waals surface area (Å²) >= 11 is 8.19. The van der Waals surface area contributed by atoms with Crippen molar-refractivity contribution in [3.8, 4) is 0 Å². The van der Waals surface area contributed by atoms with Gasteiger partial charge in [-0.25, -0.2) is 0 Å². The molecule has 0 spiro atoms. The van der Waals surface area contributed by atoms with Crippen LogP contribution in [0.25, 0.3) is 0 Å². The van der Waals surface area contributed by atoms with Gasteiger partial charge in [-0.05, 0) is 40.4 Å². The summed E-state index contributed by atoms with van der Waals surface area (Å²) in [5.41, 5.74) is 6.63. The van der Waals surface area contributed by atoms with Crippen molar-refractivity contribution in [3.63, 3.8) is 0 Å². The average Bonchev–Trinajstić information content (AvgIpc) is 2.14. The Morgan fingerprint density at radius 2 is 2.29 bits per heavy atom. The van der Waals surface area contributed by atoms with Crippen molar-refractivity contribution in [1.82, 2.24) is 0 Å². The molecule has 0 radical (unpaired) electrons. The van der Waals surface area contributed by atoms with Crippen molar-refractivity contribution in [2.24, 2.45) is 5.73 Å². The van der Waals surface area contributed by atoms with Crippen LogP contribution in [-0.4, -0.2) is 10.5 Å². The number of hydrogen-bond acceptors (Lipinski definition) is 2. The van der Waals surface area contributed by atoms with E-state index in [0.29, 0.717) is 12.0 Å². The van der Waals surface area contributed by atoms with Crippen LogP contribution >= 0.6 is 34.2 Å². The first-order valence-electron chi connectivity index (χ1n) is 4.07. The maximum Gasteiger partial charge on any atom is 0.131 e. The van der Waals surface area contributed by atoms with Crippen LogP contribution in [0.5, 0.6) is 0 Å². The monoisotopic (exact) mass is 323 g/mol. The summed E-state index contributed by atoms with van der Waals surface area (Å²) in [7, 11) is 0. The minimum absolute atomic E-state index is 0.138. The van der Waals surface area contributed by atoms with Gasteiger partial charge in [-0.3, -0.25) is 0 Å². The third-order valence-corrected chi connectivity index (χ3v) is 3.31. The zero-order valence-electron chi connectivity index (χ0n) is 7.50. The fourth-order valence-corrected chi connectivity index (χ4v) is 2.60. The summed E-state index contributed by atoms with van der Waals surface area (Å²) in [6.45, 7) is 3.79. The molecule has 3 N–H and O–H groups in total. The molecule has 14 heavy (non-hydrogen) atoms. The number of hydrogen-bond donors (Lipinski definition) is 2. The van der Waals surface area contributed by atoms with Gasteiger partial charge in [-0.1, -0.05) is 12.7 Å². The van der Waals surface area contributed by atoms with Crippen LogP contribution in [0.2, 0.25) is 0 Å². The van der Waals surface area contributed by atoms with Crippen LogP contribution in [-0.2, 0) is 0 Å². The van der Waals surface area contributed by atoms with E-state index in [2.05, 4.69) is 29.2 Å². The quantitative estimate of drug-likeness (QED) is 0.575. The summed E-state index contributed by atoms with van der Waals surface area (Å²) in [4.78, 5) is 0. The van der Waals surface area contributed by atoms with Crippen LogP contribution in [0.3, 0.4) is 0 Å². The lowest BCUT2D eigenvalue weighted by molar-refractivity contribution is 0.417. The Kier molecular flexibility index (Phi) is 4.07. The number of rotatable bonds is 1. The van der Waals surface area contributed by atoms with Gasteiger partial charge in [0.1, 0.15) is 5.76 Å². The van der Waals surface area contributed by atoms with E-state index in [1.165, 1.54) is 6.20 Å². The molecule has 4 heteroatoms. The predicted octanol–water partition coefficient (Wildman–Crippen LogP) is 3.16. The molecule has 1 aliphatic rings. The number of allylic oxidation sites excluding steroid dienone is 4. The molecule has 0 aromatic carbocycles. The molecule has 0 saturated carbocycles. The lowest BCUT2D eigenvalue weighted by atomic mass is 9.94. The maximum atomic E-state index is 9.65. The third-order valence-electron chi connectivity index (χ3n) is 1.97. The molecule has 0 saturated heterocycles. The van der Waals surface area contributed by atoms with E-state index in [9.17, 15) is 5.11 Å². The fourth-order valence-electron chi connectivity index (χ4n) is 1.22. The van der Waals surface area contributed by atoms with E-state index >= 15 is 0 Å². The van der Waals surface area contributed by atoms with Gasteiger partial charge in [0.05, 0.1) is 5.38 Å². The van der Waals surface area contributed by atoms with Gasteiger partial charge >= 0.3 is 0 Å². The third kappa shape index (κ3) is 2.33. The molecular formula is C10H11ClINO. The normalized spacial score (nSPS) is 26.6. The van der Waals surface area contributed by atoms with Gasteiger partial charge in [0.2, 0.25) is 0 Å². The molecule has 2 nitrogen and oxygen atoms in total. The molecule has 1 unspecified atom stereocenters. The average molecular weight is 324 g/mol. The lowest BCUT2D eigenvalue weighted by Crippen LogP contribution is -2.13. The molecule has 0 aliphatic heterocycles. The highest BCUT2D eigenvalue weighted by atomic mass is 127. The fraction of sp³-hybridized carbons (Fsp3) is 0.200. The second-order valence-electron chi connectivity index (χ2n) is 2.91. The summed E-state index contributed by atoms with van der Waals surface area (Å²) in [6, 6.07) is 0. The van der Waals surface area contributed by atoms with E-state index < -0.39 is 0 Å². The zero-order valence-corrected chi connectivity index (χ0v) is 10.4. The standard InChI is InChI=1S/C10H11ClINO/c1-6-7(3-2-4-13)8(11)5-9(12)10(6)14/h2-4,8,14H,1,5,13H2/b4-2-,7-3+. The van der Waals surface area contributed by atoms with Gasteiger partial charge in [-0.2, -0.15) is 0 Å². The minimum Gasteiger partial charge on any atom is -0.507 e. The molecule has 0 amide bonds. The van der Waals surface area contributed by atoms with Crippen molar-refractivity contribution < 1.29 is 5.11 Å². The van der Waals surface area contributed by atoms with E-state index in [0.717, 1.165) is 9.15 Å². The molecule has 0 bridgehead atoms. The molecule has 0 fully saturated rings. The SMILES string of the molecule is C=C1C(O)=C(I)CC(Cl)/C1=C/C=C\N. The Morgan fingerprint density at radius 1 is 1.64 bits per heavy atom. The number of nitrogens with two attached hydrogens (primary N) is 1. The first-order valence-corrected chi connectivity index (χ1v) is 5.59. The Labute approximate surface area is 102 Å². The Hall–Kier alpha value is -0.420. The molecular weight excluding hydrogens is 312 g/mol. The highest BCUT2D eigenvalue weighted by Gasteiger charge is 2.24. The van der Waals surface area contributed by atoms with Gasteiger partial charge in [-0.15, -0.1) is 11.6 Å². The van der Waals surface area contributed by atoms with Gasteiger partial charge in [0, 0.05) is 15.6 Å². The Bertz CT molecular complexity index is 344. The molecule has 0 aromatic rings. The lowest BCUT2D eigenvalue weighted by Gasteiger charge is -2.22.